The molecule has 10 heteroatoms. The minimum Gasteiger partial charge on any atom is -0.454 e. The monoisotopic (exact) mass is 451 g/mol. The SMILES string of the molecule is NC(=O)N(/N=C/c1ccc(F)cc1)c1ccc(Oc2ccnc(-c3nccs3)c2)c(F)c1. The van der Waals surface area contributed by atoms with Crippen LogP contribution in [-0.2, 0) is 0 Å². The summed E-state index contributed by atoms with van der Waals surface area (Å²) in [7, 11) is 0. The van der Waals surface area contributed by atoms with E-state index >= 15 is 0 Å². The number of aromatic nitrogens is 2. The molecule has 0 saturated carbocycles. The molecule has 0 unspecified atom stereocenters. The lowest BCUT2D eigenvalue weighted by Crippen LogP contribution is -2.31. The Labute approximate surface area is 185 Å². The maximum Gasteiger partial charge on any atom is 0.340 e. The van der Waals surface area contributed by atoms with Gasteiger partial charge in [-0.1, -0.05) is 12.1 Å². The molecule has 2 N–H and O–H groups in total. The van der Waals surface area contributed by atoms with Gasteiger partial charge in [0.25, 0.3) is 0 Å². The van der Waals surface area contributed by atoms with Gasteiger partial charge in [0.05, 0.1) is 11.9 Å². The second kappa shape index (κ2) is 9.31. The maximum absolute atomic E-state index is 14.7. The highest BCUT2D eigenvalue weighted by molar-refractivity contribution is 7.13. The molecule has 2 heterocycles. The normalized spacial score (nSPS) is 10.9. The Morgan fingerprint density at radius 1 is 1.06 bits per heavy atom. The second-order valence-electron chi connectivity index (χ2n) is 6.38. The zero-order chi connectivity index (χ0) is 22.5. The predicted molar refractivity (Wildman–Crippen MR) is 118 cm³/mol. The van der Waals surface area contributed by atoms with Crippen LogP contribution in [0.4, 0.5) is 19.3 Å². The van der Waals surface area contributed by atoms with E-state index in [2.05, 4.69) is 15.1 Å². The number of ether oxygens (including phenoxy) is 1. The van der Waals surface area contributed by atoms with E-state index in [4.69, 9.17) is 10.5 Å². The first kappa shape index (κ1) is 21.1. The number of benzene rings is 2. The highest BCUT2D eigenvalue weighted by atomic mass is 32.1. The summed E-state index contributed by atoms with van der Waals surface area (Å²) in [6, 6.07) is 11.6. The topological polar surface area (TPSA) is 93.7 Å². The van der Waals surface area contributed by atoms with Crippen LogP contribution >= 0.6 is 11.3 Å². The van der Waals surface area contributed by atoms with Gasteiger partial charge < -0.3 is 10.5 Å². The van der Waals surface area contributed by atoms with Crippen LogP contribution in [-0.4, -0.2) is 22.2 Å². The van der Waals surface area contributed by atoms with Gasteiger partial charge in [-0.25, -0.2) is 18.6 Å². The van der Waals surface area contributed by atoms with Crippen molar-refractivity contribution in [1.82, 2.24) is 9.97 Å². The van der Waals surface area contributed by atoms with Crippen LogP contribution in [0.5, 0.6) is 11.5 Å². The molecule has 32 heavy (non-hydrogen) atoms. The van der Waals surface area contributed by atoms with Crippen LogP contribution in [0.3, 0.4) is 0 Å². The number of carbonyl (C=O) groups is 1. The van der Waals surface area contributed by atoms with Crippen LogP contribution in [0.15, 0.2) is 77.5 Å². The molecule has 2 amide bonds. The number of carbonyl (C=O) groups excluding carboxylic acids is 1. The first-order valence-electron chi connectivity index (χ1n) is 9.22. The number of thiazole rings is 1. The molecular weight excluding hydrogens is 436 g/mol. The van der Waals surface area contributed by atoms with E-state index in [1.807, 2.05) is 5.38 Å². The number of anilines is 1. The van der Waals surface area contributed by atoms with Crippen molar-refractivity contribution in [2.45, 2.75) is 0 Å². The van der Waals surface area contributed by atoms with Gasteiger partial charge in [0, 0.05) is 29.9 Å². The standard InChI is InChI=1S/C22H15F2N5O2S/c23-15-3-1-14(2-4-15)13-28-29(22(25)30)16-5-6-20(18(24)11-16)31-17-7-8-26-19(12-17)21-27-9-10-32-21/h1-13H,(H2,25,30)/b28-13+. The third kappa shape index (κ3) is 4.93. The minimum absolute atomic E-state index is 0.0584. The van der Waals surface area contributed by atoms with Crippen LogP contribution in [0.25, 0.3) is 10.7 Å². The molecule has 160 valence electrons. The van der Waals surface area contributed by atoms with Crippen LogP contribution in [0.1, 0.15) is 5.56 Å². The molecule has 0 aliphatic carbocycles. The third-order valence-corrected chi connectivity index (χ3v) is 4.97. The van der Waals surface area contributed by atoms with E-state index in [-0.39, 0.29) is 11.4 Å². The van der Waals surface area contributed by atoms with Crippen molar-refractivity contribution < 1.29 is 18.3 Å². The molecule has 7 nitrogen and oxygen atoms in total. The first-order valence-corrected chi connectivity index (χ1v) is 10.1. The van der Waals surface area contributed by atoms with E-state index < -0.39 is 17.7 Å². The number of hydrazone groups is 1. The van der Waals surface area contributed by atoms with Crippen molar-refractivity contribution in [2.24, 2.45) is 10.8 Å². The fourth-order valence-corrected chi connectivity index (χ4v) is 3.30. The Hall–Kier alpha value is -4.18. The molecule has 2 aromatic carbocycles. The van der Waals surface area contributed by atoms with E-state index in [1.165, 1.54) is 60.1 Å². The van der Waals surface area contributed by atoms with E-state index in [0.29, 0.717) is 22.0 Å². The molecule has 0 fully saturated rings. The lowest BCUT2D eigenvalue weighted by molar-refractivity contribution is 0.254. The molecule has 2 aromatic heterocycles. The first-order chi connectivity index (χ1) is 15.5. The number of hydrogen-bond donors (Lipinski definition) is 1. The second-order valence-corrected chi connectivity index (χ2v) is 7.27. The Bertz CT molecular complexity index is 1260. The van der Waals surface area contributed by atoms with Gasteiger partial charge in [0.2, 0.25) is 0 Å². The molecule has 0 bridgehead atoms. The Morgan fingerprint density at radius 2 is 1.88 bits per heavy atom. The van der Waals surface area contributed by atoms with Crippen molar-refractivity contribution in [3.63, 3.8) is 0 Å². The number of pyridine rings is 1. The molecule has 0 saturated heterocycles. The van der Waals surface area contributed by atoms with Crippen LogP contribution < -0.4 is 15.5 Å². The lowest BCUT2D eigenvalue weighted by Gasteiger charge is -2.15. The van der Waals surface area contributed by atoms with Crippen molar-refractivity contribution in [3.8, 4) is 22.2 Å². The number of hydrogen-bond acceptors (Lipinski definition) is 6. The van der Waals surface area contributed by atoms with Gasteiger partial charge >= 0.3 is 6.03 Å². The molecule has 0 atom stereocenters. The van der Waals surface area contributed by atoms with Crippen LogP contribution in [0, 0.1) is 11.6 Å². The number of nitrogens with zero attached hydrogens (tertiary/aromatic N) is 4. The zero-order valence-electron chi connectivity index (χ0n) is 16.4. The van der Waals surface area contributed by atoms with E-state index in [9.17, 15) is 13.6 Å². The number of urea groups is 1. The molecule has 0 spiro atoms. The van der Waals surface area contributed by atoms with Gasteiger partial charge in [0.1, 0.15) is 22.3 Å². The fourth-order valence-electron chi connectivity index (χ4n) is 2.70. The Kier molecular flexibility index (Phi) is 6.13. The Balaban J connectivity index is 1.54. The Morgan fingerprint density at radius 3 is 2.56 bits per heavy atom. The summed E-state index contributed by atoms with van der Waals surface area (Å²) < 4.78 is 33.4. The highest BCUT2D eigenvalue weighted by Crippen LogP contribution is 2.30. The average molecular weight is 451 g/mol. The summed E-state index contributed by atoms with van der Waals surface area (Å²) in [4.78, 5) is 20.2. The summed E-state index contributed by atoms with van der Waals surface area (Å²) >= 11 is 1.42. The van der Waals surface area contributed by atoms with E-state index in [0.717, 1.165) is 11.1 Å². The largest absolute Gasteiger partial charge is 0.454 e. The number of halogens is 2. The zero-order valence-corrected chi connectivity index (χ0v) is 17.2. The summed E-state index contributed by atoms with van der Waals surface area (Å²) in [6.07, 6.45) is 4.51. The predicted octanol–water partition coefficient (Wildman–Crippen LogP) is 5.19. The quantitative estimate of drug-likeness (QED) is 0.322. The summed E-state index contributed by atoms with van der Waals surface area (Å²) in [6.45, 7) is 0. The van der Waals surface area contributed by atoms with Crippen molar-refractivity contribution in [1.29, 1.82) is 0 Å². The molecular formula is C22H15F2N5O2S. The van der Waals surface area contributed by atoms with Crippen LogP contribution in [0.2, 0.25) is 0 Å². The molecule has 0 aliphatic rings. The van der Waals surface area contributed by atoms with Gasteiger partial charge in [-0.3, -0.25) is 4.98 Å². The molecule has 4 aromatic rings. The summed E-state index contributed by atoms with van der Waals surface area (Å²) in [5.41, 5.74) is 6.61. The van der Waals surface area contributed by atoms with Crippen molar-refractivity contribution in [3.05, 3.63) is 89.6 Å². The van der Waals surface area contributed by atoms with E-state index in [1.54, 1.807) is 18.3 Å². The number of nitrogens with two attached hydrogens (primary N) is 1. The number of amides is 2. The minimum atomic E-state index is -0.918. The average Bonchev–Trinajstić information content (AvgIpc) is 3.32. The summed E-state index contributed by atoms with van der Waals surface area (Å²) in [5, 5.41) is 7.34. The molecule has 0 radical (unpaired) electrons. The number of primary amides is 1. The summed E-state index contributed by atoms with van der Waals surface area (Å²) in [5.74, 6) is -0.812. The maximum atomic E-state index is 14.7. The van der Waals surface area contributed by atoms with Gasteiger partial charge in [-0.05, 0) is 35.9 Å². The molecule has 4 rings (SSSR count). The smallest absolute Gasteiger partial charge is 0.340 e. The van der Waals surface area contributed by atoms with Gasteiger partial charge in [-0.2, -0.15) is 10.1 Å². The highest BCUT2D eigenvalue weighted by Gasteiger charge is 2.15. The van der Waals surface area contributed by atoms with Gasteiger partial charge in [0.15, 0.2) is 11.6 Å². The fraction of sp³-hybridized carbons (Fsp3) is 0. The third-order valence-electron chi connectivity index (χ3n) is 4.17. The van der Waals surface area contributed by atoms with Crippen molar-refractivity contribution in [2.75, 3.05) is 5.01 Å². The van der Waals surface area contributed by atoms with Crippen molar-refractivity contribution >= 4 is 29.3 Å². The van der Waals surface area contributed by atoms with Gasteiger partial charge in [-0.15, -0.1) is 11.3 Å². The molecule has 0 aliphatic heterocycles. The number of rotatable bonds is 6. The lowest BCUT2D eigenvalue weighted by atomic mass is 10.2.